The molecule has 0 bridgehead atoms. The van der Waals surface area contributed by atoms with E-state index in [4.69, 9.17) is 29.6 Å². The molecular weight excluding hydrogens is 252 g/mol. The van der Waals surface area contributed by atoms with Gasteiger partial charge in [0.25, 0.3) is 5.56 Å². The molecule has 1 saturated heterocycles. The van der Waals surface area contributed by atoms with Crippen LogP contribution in [0.15, 0.2) is 4.79 Å². The highest BCUT2D eigenvalue weighted by Gasteiger charge is 2.32. The monoisotopic (exact) mass is 260 g/mol. The first kappa shape index (κ1) is 11.2. The fourth-order valence-corrected chi connectivity index (χ4v) is 2.12. The number of aromatic amines is 2. The molecule has 6 nitrogen and oxygen atoms in total. The van der Waals surface area contributed by atoms with Crippen molar-refractivity contribution in [2.24, 2.45) is 0 Å². The number of halogens is 1. The van der Waals surface area contributed by atoms with E-state index in [9.17, 15) is 9.59 Å². The van der Waals surface area contributed by atoms with Gasteiger partial charge in [-0.2, -0.15) is 0 Å². The number of nitrogens with zero attached hydrogens (tertiary/aromatic N) is 1. The normalized spacial score (nSPS) is 20.4. The van der Waals surface area contributed by atoms with E-state index in [0.29, 0.717) is 0 Å². The number of rotatable bonds is 1. The average molecular weight is 261 g/mol. The summed E-state index contributed by atoms with van der Waals surface area (Å²) in [6, 6.07) is 0. The molecule has 0 aliphatic carbocycles. The Morgan fingerprint density at radius 3 is 2.62 bits per heavy atom. The lowest BCUT2D eigenvalue weighted by atomic mass is 10.4. The van der Waals surface area contributed by atoms with E-state index in [1.54, 1.807) is 0 Å². The van der Waals surface area contributed by atoms with Gasteiger partial charge in [0.1, 0.15) is 5.82 Å². The summed E-state index contributed by atoms with van der Waals surface area (Å²) in [5.74, 6) is -0.143. The molecule has 0 radical (unpaired) electrons. The lowest BCUT2D eigenvalue weighted by Gasteiger charge is -2.16. The Morgan fingerprint density at radius 1 is 1.44 bits per heavy atom. The SMILES string of the molecule is Nc1[nH]c(=S)[nH]c(=O)c1N1CC(Cl)CC1=O. The highest BCUT2D eigenvalue weighted by Crippen LogP contribution is 2.24. The number of alkyl halides is 1. The Morgan fingerprint density at radius 2 is 2.12 bits per heavy atom. The average Bonchev–Trinajstić information content (AvgIpc) is 2.43. The van der Waals surface area contributed by atoms with E-state index in [1.807, 2.05) is 0 Å². The Bertz CT molecular complexity index is 552. The number of nitrogens with one attached hydrogen (secondary N) is 2. The molecule has 86 valence electrons. The second kappa shape index (κ2) is 3.91. The lowest BCUT2D eigenvalue weighted by molar-refractivity contribution is -0.117. The van der Waals surface area contributed by atoms with Crippen LogP contribution >= 0.6 is 23.8 Å². The molecule has 0 spiro atoms. The molecule has 4 N–H and O–H groups in total. The highest BCUT2D eigenvalue weighted by molar-refractivity contribution is 7.71. The van der Waals surface area contributed by atoms with Crippen molar-refractivity contribution in [3.63, 3.8) is 0 Å². The molecule has 8 heteroatoms. The van der Waals surface area contributed by atoms with E-state index in [1.165, 1.54) is 4.90 Å². The number of H-pyrrole nitrogens is 2. The number of anilines is 2. The van der Waals surface area contributed by atoms with Crippen LogP contribution < -0.4 is 16.2 Å². The molecule has 0 saturated carbocycles. The molecular formula is C8H9ClN4O2S. The molecule has 0 aromatic carbocycles. The third kappa shape index (κ3) is 1.83. The van der Waals surface area contributed by atoms with Crippen LogP contribution in [-0.4, -0.2) is 27.8 Å². The molecule has 1 aromatic heterocycles. The van der Waals surface area contributed by atoms with Crippen LogP contribution in [0.3, 0.4) is 0 Å². The van der Waals surface area contributed by atoms with Crippen molar-refractivity contribution in [3.8, 4) is 0 Å². The maximum Gasteiger partial charge on any atom is 0.277 e. The van der Waals surface area contributed by atoms with E-state index in [0.717, 1.165) is 0 Å². The van der Waals surface area contributed by atoms with E-state index in [2.05, 4.69) is 9.97 Å². The van der Waals surface area contributed by atoms with Gasteiger partial charge in [-0.3, -0.25) is 14.6 Å². The van der Waals surface area contributed by atoms with Gasteiger partial charge in [-0.1, -0.05) is 0 Å². The molecule has 1 fully saturated rings. The Balaban J connectivity index is 2.53. The predicted molar refractivity (Wildman–Crippen MR) is 63.3 cm³/mol. The van der Waals surface area contributed by atoms with Gasteiger partial charge < -0.3 is 15.6 Å². The molecule has 2 heterocycles. The minimum Gasteiger partial charge on any atom is -0.383 e. The van der Waals surface area contributed by atoms with Crippen molar-refractivity contribution in [3.05, 3.63) is 15.1 Å². The van der Waals surface area contributed by atoms with Crippen molar-refractivity contribution in [2.45, 2.75) is 11.8 Å². The van der Waals surface area contributed by atoms with Crippen molar-refractivity contribution in [1.29, 1.82) is 0 Å². The summed E-state index contributed by atoms with van der Waals surface area (Å²) in [5.41, 5.74) is 5.23. The summed E-state index contributed by atoms with van der Waals surface area (Å²) >= 11 is 10.6. The Kier molecular flexibility index (Phi) is 2.73. The quantitative estimate of drug-likeness (QED) is 0.502. The fourth-order valence-electron chi connectivity index (χ4n) is 1.65. The maximum absolute atomic E-state index is 11.6. The molecule has 1 aliphatic heterocycles. The van der Waals surface area contributed by atoms with Crippen molar-refractivity contribution >= 4 is 41.2 Å². The Labute approximate surface area is 100 Å². The number of nitrogens with two attached hydrogens (primary N) is 1. The number of amides is 1. The van der Waals surface area contributed by atoms with Gasteiger partial charge in [-0.15, -0.1) is 11.6 Å². The predicted octanol–water partition coefficient (Wildman–Crippen LogP) is 0.359. The largest absolute Gasteiger partial charge is 0.383 e. The van der Waals surface area contributed by atoms with Crippen LogP contribution in [0.2, 0.25) is 0 Å². The molecule has 2 rings (SSSR count). The van der Waals surface area contributed by atoms with Gasteiger partial charge in [0, 0.05) is 13.0 Å². The van der Waals surface area contributed by atoms with E-state index in [-0.39, 0.29) is 40.5 Å². The van der Waals surface area contributed by atoms with Crippen LogP contribution in [-0.2, 0) is 4.79 Å². The lowest BCUT2D eigenvalue weighted by Crippen LogP contribution is -2.32. The fraction of sp³-hybridized carbons (Fsp3) is 0.375. The standard InChI is InChI=1S/C8H9ClN4O2S/c9-3-1-4(14)13(2-3)5-6(10)11-8(16)12-7(5)15/h3H,1-2H2,(H4,10,11,12,15,16). The summed E-state index contributed by atoms with van der Waals surface area (Å²) in [6.45, 7) is 0.276. The van der Waals surface area contributed by atoms with Crippen molar-refractivity contribution in [1.82, 2.24) is 9.97 Å². The zero-order valence-corrected chi connectivity index (χ0v) is 9.69. The van der Waals surface area contributed by atoms with Crippen LogP contribution in [0, 0.1) is 4.77 Å². The first-order valence-electron chi connectivity index (χ1n) is 4.55. The number of carbonyl (C=O) groups excluding carboxylic acids is 1. The van der Waals surface area contributed by atoms with Gasteiger partial charge in [0.05, 0.1) is 5.38 Å². The van der Waals surface area contributed by atoms with E-state index >= 15 is 0 Å². The molecule has 16 heavy (non-hydrogen) atoms. The minimum atomic E-state index is -0.486. The smallest absolute Gasteiger partial charge is 0.277 e. The third-order valence-corrected chi connectivity index (χ3v) is 2.79. The summed E-state index contributed by atoms with van der Waals surface area (Å²) in [7, 11) is 0. The first-order valence-corrected chi connectivity index (χ1v) is 5.40. The zero-order chi connectivity index (χ0) is 11.9. The number of hydrogen-bond donors (Lipinski definition) is 3. The van der Waals surface area contributed by atoms with Crippen LogP contribution in [0.25, 0.3) is 0 Å². The maximum atomic E-state index is 11.6. The molecule has 1 unspecified atom stereocenters. The van der Waals surface area contributed by atoms with Gasteiger partial charge in [-0.05, 0) is 12.2 Å². The first-order chi connectivity index (χ1) is 7.49. The van der Waals surface area contributed by atoms with Crippen molar-refractivity contribution in [2.75, 3.05) is 17.2 Å². The minimum absolute atomic E-state index is 0.0767. The van der Waals surface area contributed by atoms with E-state index < -0.39 is 5.56 Å². The zero-order valence-electron chi connectivity index (χ0n) is 8.12. The highest BCUT2D eigenvalue weighted by atomic mass is 35.5. The number of nitrogen functional groups attached to an aromatic ring is 1. The van der Waals surface area contributed by atoms with Crippen LogP contribution in [0.5, 0.6) is 0 Å². The number of aromatic nitrogens is 2. The molecule has 1 aliphatic rings. The van der Waals surface area contributed by atoms with Crippen LogP contribution in [0.4, 0.5) is 11.5 Å². The van der Waals surface area contributed by atoms with Gasteiger partial charge in [0.15, 0.2) is 10.5 Å². The molecule has 1 atom stereocenters. The number of carbonyl (C=O) groups is 1. The second-order valence-electron chi connectivity index (χ2n) is 3.48. The van der Waals surface area contributed by atoms with Crippen LogP contribution in [0.1, 0.15) is 6.42 Å². The van der Waals surface area contributed by atoms with Gasteiger partial charge in [0.2, 0.25) is 5.91 Å². The summed E-state index contributed by atoms with van der Waals surface area (Å²) in [5, 5.41) is -0.297. The summed E-state index contributed by atoms with van der Waals surface area (Å²) in [6.07, 6.45) is 0.204. The summed E-state index contributed by atoms with van der Waals surface area (Å²) in [4.78, 5) is 29.5. The number of hydrogen-bond acceptors (Lipinski definition) is 4. The summed E-state index contributed by atoms with van der Waals surface area (Å²) < 4.78 is 0.125. The third-order valence-electron chi connectivity index (χ3n) is 2.29. The Hall–Kier alpha value is -1.34. The van der Waals surface area contributed by atoms with Gasteiger partial charge >= 0.3 is 0 Å². The van der Waals surface area contributed by atoms with Crippen molar-refractivity contribution < 1.29 is 4.79 Å². The molecule has 1 amide bonds. The topological polar surface area (TPSA) is 95.0 Å². The molecule has 1 aromatic rings. The van der Waals surface area contributed by atoms with Gasteiger partial charge in [-0.25, -0.2) is 0 Å². The second-order valence-corrected chi connectivity index (χ2v) is 4.50.